The molecule has 6 nitrogen and oxygen atoms in total. The van der Waals surface area contributed by atoms with E-state index >= 15 is 0 Å². The normalized spacial score (nSPS) is 13.1. The molecule has 0 aliphatic carbocycles. The van der Waals surface area contributed by atoms with Crippen LogP contribution < -0.4 is 40.0 Å². The molecule has 0 spiro atoms. The van der Waals surface area contributed by atoms with Crippen LogP contribution in [0.4, 0.5) is 0 Å². The minimum absolute atomic E-state index is 0. The van der Waals surface area contributed by atoms with Gasteiger partial charge in [0, 0.05) is 6.54 Å². The smallest absolute Gasteiger partial charge is 0.547 e. The van der Waals surface area contributed by atoms with Gasteiger partial charge in [-0.3, -0.25) is 4.79 Å². The van der Waals surface area contributed by atoms with Crippen molar-refractivity contribution < 1.29 is 54.5 Å². The molecule has 0 bridgehead atoms. The molecular weight excluding hydrogens is 285 g/mol. The molecule has 0 saturated heterocycles. The van der Waals surface area contributed by atoms with Gasteiger partial charge in [0.25, 0.3) is 5.91 Å². The standard InChI is InChI=1S/C14H27NO5.Na/c1-2-3-4-5-6-7-8-9-10-15-13(18)11(16)12(17)14(19)20;/h11-12,16-17H,2-10H2,1H3,(H,15,18)(H,19,20);/q;+1/p-1/t11-,12-;/m1./s1. The Morgan fingerprint density at radius 1 is 0.952 bits per heavy atom. The Balaban J connectivity index is 0. The molecule has 0 aromatic heterocycles. The van der Waals surface area contributed by atoms with Crippen LogP contribution >= 0.6 is 0 Å². The number of carbonyl (C=O) groups excluding carboxylic acids is 2. The number of aliphatic carboxylic acids is 1. The summed E-state index contributed by atoms with van der Waals surface area (Å²) in [6.45, 7) is 2.54. The molecule has 1 amide bonds. The maximum atomic E-state index is 11.3. The van der Waals surface area contributed by atoms with Crippen molar-refractivity contribution in [2.45, 2.75) is 70.5 Å². The average molecular weight is 311 g/mol. The Bertz CT molecular complexity index is 289. The molecule has 0 aliphatic heterocycles. The molecule has 3 N–H and O–H groups in total. The van der Waals surface area contributed by atoms with Crippen LogP contribution in [0.1, 0.15) is 58.3 Å². The zero-order valence-electron chi connectivity index (χ0n) is 13.1. The quantitative estimate of drug-likeness (QED) is 0.259. The van der Waals surface area contributed by atoms with Gasteiger partial charge >= 0.3 is 29.6 Å². The summed E-state index contributed by atoms with van der Waals surface area (Å²) in [5.74, 6) is -2.75. The molecule has 0 aliphatic rings. The van der Waals surface area contributed by atoms with E-state index in [2.05, 4.69) is 12.2 Å². The van der Waals surface area contributed by atoms with Crippen LogP contribution in [-0.2, 0) is 9.59 Å². The van der Waals surface area contributed by atoms with Crippen LogP contribution in [0.2, 0.25) is 0 Å². The first-order chi connectivity index (χ1) is 9.50. The van der Waals surface area contributed by atoms with E-state index in [4.69, 9.17) is 5.11 Å². The van der Waals surface area contributed by atoms with Gasteiger partial charge < -0.3 is 25.4 Å². The Labute approximate surface area is 148 Å². The number of aliphatic hydroxyl groups is 2. The van der Waals surface area contributed by atoms with Gasteiger partial charge in [-0.1, -0.05) is 51.9 Å². The summed E-state index contributed by atoms with van der Waals surface area (Å²) in [6, 6.07) is 0. The van der Waals surface area contributed by atoms with Gasteiger partial charge in [-0.05, 0) is 6.42 Å². The fraction of sp³-hybridized carbons (Fsp3) is 0.857. The zero-order valence-corrected chi connectivity index (χ0v) is 15.1. The summed E-state index contributed by atoms with van der Waals surface area (Å²) in [4.78, 5) is 21.6. The van der Waals surface area contributed by atoms with Gasteiger partial charge in [0.1, 0.15) is 6.10 Å². The van der Waals surface area contributed by atoms with Gasteiger partial charge in [0.05, 0.1) is 5.97 Å². The maximum absolute atomic E-state index is 11.3. The number of carboxylic acids is 1. The summed E-state index contributed by atoms with van der Waals surface area (Å²) in [5, 5.41) is 30.8. The number of hydrogen-bond acceptors (Lipinski definition) is 5. The predicted octanol–water partition coefficient (Wildman–Crippen LogP) is -3.28. The number of rotatable bonds is 12. The van der Waals surface area contributed by atoms with Crippen molar-refractivity contribution in [3.05, 3.63) is 0 Å². The van der Waals surface area contributed by atoms with Gasteiger partial charge in [0.2, 0.25) is 0 Å². The number of aliphatic hydroxyl groups excluding tert-OH is 2. The largest absolute Gasteiger partial charge is 1.00 e. The Hall–Kier alpha value is -0.140. The monoisotopic (exact) mass is 311 g/mol. The fourth-order valence-corrected chi connectivity index (χ4v) is 1.85. The molecule has 0 saturated carbocycles. The van der Waals surface area contributed by atoms with Gasteiger partial charge in [-0.15, -0.1) is 0 Å². The van der Waals surface area contributed by atoms with Crippen LogP contribution in [0.3, 0.4) is 0 Å². The van der Waals surface area contributed by atoms with Crippen molar-refractivity contribution in [3.63, 3.8) is 0 Å². The van der Waals surface area contributed by atoms with Crippen molar-refractivity contribution in [3.8, 4) is 0 Å². The van der Waals surface area contributed by atoms with Crippen LogP contribution in [0.25, 0.3) is 0 Å². The number of carbonyl (C=O) groups is 2. The topological polar surface area (TPSA) is 110 Å². The Kier molecular flexibility index (Phi) is 16.3. The Morgan fingerprint density at radius 2 is 1.43 bits per heavy atom. The van der Waals surface area contributed by atoms with E-state index in [9.17, 15) is 19.8 Å². The molecular formula is C14H26NNaO5. The molecule has 118 valence electrons. The first-order valence-corrected chi connectivity index (χ1v) is 7.35. The third-order valence-electron chi connectivity index (χ3n) is 3.14. The summed E-state index contributed by atoms with van der Waals surface area (Å²) in [7, 11) is 0. The molecule has 2 atom stereocenters. The molecule has 0 radical (unpaired) electrons. The van der Waals surface area contributed by atoms with Crippen molar-refractivity contribution in [1.82, 2.24) is 5.32 Å². The van der Waals surface area contributed by atoms with Crippen LogP contribution in [0.5, 0.6) is 0 Å². The first-order valence-electron chi connectivity index (χ1n) is 7.35. The molecule has 0 aromatic rings. The van der Waals surface area contributed by atoms with Crippen LogP contribution in [0, 0.1) is 0 Å². The molecule has 0 unspecified atom stereocenters. The third-order valence-corrected chi connectivity index (χ3v) is 3.14. The number of hydrogen-bond donors (Lipinski definition) is 3. The molecule has 0 aromatic carbocycles. The average Bonchev–Trinajstić information content (AvgIpc) is 2.43. The van der Waals surface area contributed by atoms with E-state index in [-0.39, 0.29) is 29.6 Å². The SMILES string of the molecule is CCCCCCCCCCNC(=O)[C@H](O)[C@@H](O)C(=O)[O-].[Na+]. The van der Waals surface area contributed by atoms with Gasteiger partial charge in [-0.2, -0.15) is 0 Å². The van der Waals surface area contributed by atoms with Gasteiger partial charge in [0.15, 0.2) is 6.10 Å². The van der Waals surface area contributed by atoms with E-state index in [1.807, 2.05) is 0 Å². The first kappa shape index (κ1) is 23.1. The number of nitrogens with one attached hydrogen (secondary N) is 1. The van der Waals surface area contributed by atoms with E-state index < -0.39 is 24.1 Å². The van der Waals surface area contributed by atoms with E-state index in [0.29, 0.717) is 6.54 Å². The number of unbranched alkanes of at least 4 members (excludes halogenated alkanes) is 7. The third kappa shape index (κ3) is 12.1. The van der Waals surface area contributed by atoms with Crippen molar-refractivity contribution in [1.29, 1.82) is 0 Å². The van der Waals surface area contributed by atoms with Crippen molar-refractivity contribution >= 4 is 11.9 Å². The van der Waals surface area contributed by atoms with Crippen LogP contribution in [0.15, 0.2) is 0 Å². The molecule has 0 rings (SSSR count). The maximum Gasteiger partial charge on any atom is 1.00 e. The van der Waals surface area contributed by atoms with Crippen LogP contribution in [-0.4, -0.2) is 40.8 Å². The molecule has 21 heavy (non-hydrogen) atoms. The molecule has 0 heterocycles. The zero-order chi connectivity index (χ0) is 15.4. The predicted molar refractivity (Wildman–Crippen MR) is 72.6 cm³/mol. The summed E-state index contributed by atoms with van der Waals surface area (Å²) in [6.07, 6.45) is 4.86. The second-order valence-electron chi connectivity index (χ2n) is 4.97. The van der Waals surface area contributed by atoms with E-state index in [0.717, 1.165) is 19.3 Å². The summed E-state index contributed by atoms with van der Waals surface area (Å²) < 4.78 is 0. The van der Waals surface area contributed by atoms with Crippen molar-refractivity contribution in [2.75, 3.05) is 6.54 Å². The molecule has 7 heteroatoms. The minimum Gasteiger partial charge on any atom is -0.547 e. The van der Waals surface area contributed by atoms with Crippen molar-refractivity contribution in [2.24, 2.45) is 0 Å². The second-order valence-corrected chi connectivity index (χ2v) is 4.97. The van der Waals surface area contributed by atoms with Gasteiger partial charge in [-0.25, -0.2) is 0 Å². The Morgan fingerprint density at radius 3 is 1.90 bits per heavy atom. The number of carboxylic acid groups (broad SMARTS) is 1. The fourth-order valence-electron chi connectivity index (χ4n) is 1.85. The second kappa shape index (κ2) is 14.8. The number of amides is 1. The summed E-state index contributed by atoms with van der Waals surface area (Å²) in [5.41, 5.74) is 0. The van der Waals surface area contributed by atoms with E-state index in [1.54, 1.807) is 0 Å². The summed E-state index contributed by atoms with van der Waals surface area (Å²) >= 11 is 0. The molecule has 0 fully saturated rings. The minimum atomic E-state index is -2.19. The van der Waals surface area contributed by atoms with E-state index in [1.165, 1.54) is 32.1 Å².